The van der Waals surface area contributed by atoms with Gasteiger partial charge in [0.25, 0.3) is 0 Å². The molecule has 2 atom stereocenters. The van der Waals surface area contributed by atoms with Crippen molar-refractivity contribution in [1.29, 1.82) is 0 Å². The third-order valence-corrected chi connectivity index (χ3v) is 4.75. The molecule has 2 aliphatic rings. The summed E-state index contributed by atoms with van der Waals surface area (Å²) in [4.78, 5) is 14.5. The predicted molar refractivity (Wildman–Crippen MR) is 84.0 cm³/mol. The zero-order valence-electron chi connectivity index (χ0n) is 12.8. The molecule has 2 aliphatic heterocycles. The van der Waals surface area contributed by atoms with Gasteiger partial charge < -0.3 is 10.6 Å². The number of benzene rings is 1. The maximum Gasteiger partial charge on any atom is 0.234 e. The van der Waals surface area contributed by atoms with Crippen LogP contribution in [0.5, 0.6) is 0 Å². The first kappa shape index (κ1) is 14.5. The smallest absolute Gasteiger partial charge is 0.234 e. The van der Waals surface area contributed by atoms with E-state index >= 15 is 0 Å². The minimum atomic E-state index is 0.142. The van der Waals surface area contributed by atoms with E-state index in [9.17, 15) is 4.79 Å². The van der Waals surface area contributed by atoms with Gasteiger partial charge >= 0.3 is 0 Å². The summed E-state index contributed by atoms with van der Waals surface area (Å²) in [7, 11) is 0. The summed E-state index contributed by atoms with van der Waals surface area (Å²) in [5.74, 6) is 0.881. The van der Waals surface area contributed by atoms with E-state index in [0.29, 0.717) is 19.1 Å². The summed E-state index contributed by atoms with van der Waals surface area (Å²) in [6.07, 6.45) is 2.52. The van der Waals surface area contributed by atoms with Gasteiger partial charge in [-0.15, -0.1) is 0 Å². The summed E-state index contributed by atoms with van der Waals surface area (Å²) in [6.45, 7) is 6.45. The molecular weight excluding hydrogens is 262 g/mol. The van der Waals surface area contributed by atoms with Crippen LogP contribution in [0.1, 0.15) is 24.0 Å². The molecule has 4 heteroatoms. The molecule has 0 aliphatic carbocycles. The van der Waals surface area contributed by atoms with Crippen molar-refractivity contribution in [2.75, 3.05) is 26.2 Å². The van der Waals surface area contributed by atoms with Gasteiger partial charge in [0, 0.05) is 19.1 Å². The number of carbonyl (C=O) groups is 1. The van der Waals surface area contributed by atoms with Crippen molar-refractivity contribution in [3.63, 3.8) is 0 Å². The Morgan fingerprint density at radius 2 is 2.14 bits per heavy atom. The van der Waals surface area contributed by atoms with E-state index in [4.69, 9.17) is 0 Å². The standard InChI is InChI=1S/C17H25N3O/c1-13-4-6-14(7-5-13)9-19-17(21)12-20-8-2-3-15-10-18-11-16(15)20/h4-7,15-16,18H,2-3,8-12H2,1H3,(H,19,21). The molecular formula is C17H25N3O. The number of hydrogen-bond donors (Lipinski definition) is 2. The first-order valence-electron chi connectivity index (χ1n) is 7.99. The first-order chi connectivity index (χ1) is 10.2. The van der Waals surface area contributed by atoms with Crippen molar-refractivity contribution < 1.29 is 4.79 Å². The van der Waals surface area contributed by atoms with Gasteiger partial charge in [0.2, 0.25) is 5.91 Å². The van der Waals surface area contributed by atoms with Gasteiger partial charge in [-0.05, 0) is 44.3 Å². The molecule has 2 unspecified atom stereocenters. The van der Waals surface area contributed by atoms with E-state index in [1.807, 2.05) is 0 Å². The number of carbonyl (C=O) groups excluding carboxylic acids is 1. The highest BCUT2D eigenvalue weighted by Gasteiger charge is 2.35. The SMILES string of the molecule is Cc1ccc(CNC(=O)CN2CCCC3CNCC32)cc1. The molecule has 0 radical (unpaired) electrons. The molecule has 2 heterocycles. The first-order valence-corrected chi connectivity index (χ1v) is 7.99. The predicted octanol–water partition coefficient (Wildman–Crippen LogP) is 1.30. The molecule has 2 fully saturated rings. The van der Waals surface area contributed by atoms with Gasteiger partial charge in [-0.3, -0.25) is 9.69 Å². The van der Waals surface area contributed by atoms with Crippen molar-refractivity contribution in [1.82, 2.24) is 15.5 Å². The summed E-state index contributed by atoms with van der Waals surface area (Å²) in [5.41, 5.74) is 2.41. The molecule has 0 saturated carbocycles. The Kier molecular flexibility index (Phi) is 4.56. The Hall–Kier alpha value is -1.39. The molecule has 2 N–H and O–H groups in total. The zero-order chi connectivity index (χ0) is 14.7. The molecule has 3 rings (SSSR count). The summed E-state index contributed by atoms with van der Waals surface area (Å²) in [6, 6.07) is 8.88. The van der Waals surface area contributed by atoms with Crippen LogP contribution in [0.4, 0.5) is 0 Å². The third kappa shape index (κ3) is 3.63. The van der Waals surface area contributed by atoms with E-state index < -0.39 is 0 Å². The Morgan fingerprint density at radius 3 is 2.95 bits per heavy atom. The number of amides is 1. The molecule has 2 saturated heterocycles. The maximum atomic E-state index is 12.2. The Labute approximate surface area is 126 Å². The van der Waals surface area contributed by atoms with E-state index in [1.165, 1.54) is 18.4 Å². The lowest BCUT2D eigenvalue weighted by Crippen LogP contribution is -2.49. The van der Waals surface area contributed by atoms with Crippen molar-refractivity contribution in [3.05, 3.63) is 35.4 Å². The summed E-state index contributed by atoms with van der Waals surface area (Å²) < 4.78 is 0. The Balaban J connectivity index is 1.48. The molecule has 0 aromatic heterocycles. The fourth-order valence-electron chi connectivity index (χ4n) is 3.51. The number of aryl methyl sites for hydroxylation is 1. The second-order valence-corrected chi connectivity index (χ2v) is 6.36. The highest BCUT2D eigenvalue weighted by Crippen LogP contribution is 2.25. The van der Waals surface area contributed by atoms with Gasteiger partial charge in [-0.1, -0.05) is 29.8 Å². The lowest BCUT2D eigenvalue weighted by Gasteiger charge is -2.36. The van der Waals surface area contributed by atoms with Crippen molar-refractivity contribution in [2.24, 2.45) is 5.92 Å². The average molecular weight is 287 g/mol. The average Bonchev–Trinajstić information content (AvgIpc) is 2.96. The van der Waals surface area contributed by atoms with Crippen LogP contribution in [0.2, 0.25) is 0 Å². The van der Waals surface area contributed by atoms with Crippen LogP contribution >= 0.6 is 0 Å². The van der Waals surface area contributed by atoms with Gasteiger partial charge in [0.1, 0.15) is 0 Å². The minimum Gasteiger partial charge on any atom is -0.351 e. The number of rotatable bonds is 4. The number of piperidine rings is 1. The van der Waals surface area contributed by atoms with Crippen LogP contribution in [0.3, 0.4) is 0 Å². The second-order valence-electron chi connectivity index (χ2n) is 6.36. The number of nitrogens with zero attached hydrogens (tertiary/aromatic N) is 1. The van der Waals surface area contributed by atoms with E-state index in [0.717, 1.165) is 31.1 Å². The van der Waals surface area contributed by atoms with Gasteiger partial charge in [0.05, 0.1) is 6.54 Å². The molecule has 0 bridgehead atoms. The van der Waals surface area contributed by atoms with Crippen LogP contribution < -0.4 is 10.6 Å². The van der Waals surface area contributed by atoms with Crippen molar-refractivity contribution in [2.45, 2.75) is 32.4 Å². The minimum absolute atomic E-state index is 0.142. The van der Waals surface area contributed by atoms with Crippen LogP contribution in [-0.2, 0) is 11.3 Å². The molecule has 21 heavy (non-hydrogen) atoms. The number of nitrogens with one attached hydrogen (secondary N) is 2. The molecule has 1 aromatic rings. The number of likely N-dealkylation sites (tertiary alicyclic amines) is 1. The highest BCUT2D eigenvalue weighted by molar-refractivity contribution is 5.78. The second kappa shape index (κ2) is 6.58. The van der Waals surface area contributed by atoms with Crippen molar-refractivity contribution in [3.8, 4) is 0 Å². The topological polar surface area (TPSA) is 44.4 Å². The number of hydrogen-bond acceptors (Lipinski definition) is 3. The fourth-order valence-corrected chi connectivity index (χ4v) is 3.51. The van der Waals surface area contributed by atoms with Crippen molar-refractivity contribution >= 4 is 5.91 Å². The van der Waals surface area contributed by atoms with E-state index in [-0.39, 0.29) is 5.91 Å². The number of fused-ring (bicyclic) bond motifs is 1. The Bertz CT molecular complexity index is 485. The highest BCUT2D eigenvalue weighted by atomic mass is 16.2. The Morgan fingerprint density at radius 1 is 1.33 bits per heavy atom. The largest absolute Gasteiger partial charge is 0.351 e. The molecule has 4 nitrogen and oxygen atoms in total. The molecule has 114 valence electrons. The zero-order valence-corrected chi connectivity index (χ0v) is 12.8. The monoisotopic (exact) mass is 287 g/mol. The fraction of sp³-hybridized carbons (Fsp3) is 0.588. The lowest BCUT2D eigenvalue weighted by molar-refractivity contribution is -0.123. The van der Waals surface area contributed by atoms with E-state index in [2.05, 4.69) is 46.7 Å². The summed E-state index contributed by atoms with van der Waals surface area (Å²) >= 11 is 0. The molecule has 0 spiro atoms. The van der Waals surface area contributed by atoms with E-state index in [1.54, 1.807) is 0 Å². The quantitative estimate of drug-likeness (QED) is 0.877. The van der Waals surface area contributed by atoms with Crippen LogP contribution in [0, 0.1) is 12.8 Å². The van der Waals surface area contributed by atoms with Gasteiger partial charge in [0.15, 0.2) is 0 Å². The van der Waals surface area contributed by atoms with Gasteiger partial charge in [-0.25, -0.2) is 0 Å². The molecule has 1 aromatic carbocycles. The lowest BCUT2D eigenvalue weighted by atomic mass is 9.92. The maximum absolute atomic E-state index is 12.2. The van der Waals surface area contributed by atoms with Crippen LogP contribution in [0.25, 0.3) is 0 Å². The third-order valence-electron chi connectivity index (χ3n) is 4.75. The van der Waals surface area contributed by atoms with Gasteiger partial charge in [-0.2, -0.15) is 0 Å². The normalized spacial score (nSPS) is 25.6. The van der Waals surface area contributed by atoms with Crippen LogP contribution in [0.15, 0.2) is 24.3 Å². The molecule has 1 amide bonds. The summed E-state index contributed by atoms with van der Waals surface area (Å²) in [5, 5.41) is 6.50. The van der Waals surface area contributed by atoms with Crippen LogP contribution in [-0.4, -0.2) is 43.0 Å².